The van der Waals surface area contributed by atoms with Gasteiger partial charge < -0.3 is 10.2 Å². The van der Waals surface area contributed by atoms with Crippen LogP contribution in [0, 0.1) is 12.8 Å². The summed E-state index contributed by atoms with van der Waals surface area (Å²) in [5, 5.41) is 3.42. The summed E-state index contributed by atoms with van der Waals surface area (Å²) in [5.74, 6) is 1.69. The molecular weight excluding hydrogens is 248 g/mol. The molecule has 0 atom stereocenters. The van der Waals surface area contributed by atoms with E-state index in [1.165, 1.54) is 31.2 Å². The topological polar surface area (TPSA) is 41.1 Å². The second-order valence-electron chi connectivity index (χ2n) is 6.35. The summed E-state index contributed by atoms with van der Waals surface area (Å²) in [6.45, 7) is 8.31. The van der Waals surface area contributed by atoms with Crippen LogP contribution in [0.25, 0.3) is 0 Å². The zero-order valence-corrected chi connectivity index (χ0v) is 13.3. The molecule has 0 aromatic carbocycles. The van der Waals surface area contributed by atoms with Gasteiger partial charge in [0.15, 0.2) is 0 Å². The van der Waals surface area contributed by atoms with E-state index in [2.05, 4.69) is 48.0 Å². The van der Waals surface area contributed by atoms with Gasteiger partial charge in [-0.15, -0.1) is 0 Å². The molecule has 1 aliphatic rings. The number of nitrogens with zero attached hydrogens (tertiary/aromatic N) is 3. The van der Waals surface area contributed by atoms with Crippen molar-refractivity contribution >= 4 is 5.95 Å². The average molecular weight is 276 g/mol. The van der Waals surface area contributed by atoms with Gasteiger partial charge in [-0.05, 0) is 25.7 Å². The molecule has 4 heteroatoms. The predicted molar refractivity (Wildman–Crippen MR) is 84.0 cm³/mol. The lowest BCUT2D eigenvalue weighted by Gasteiger charge is -2.21. The van der Waals surface area contributed by atoms with Crippen molar-refractivity contribution < 1.29 is 0 Å². The molecule has 0 spiro atoms. The lowest BCUT2D eigenvalue weighted by Crippen LogP contribution is -2.27. The van der Waals surface area contributed by atoms with E-state index < -0.39 is 0 Å². The summed E-state index contributed by atoms with van der Waals surface area (Å²) < 4.78 is 0. The predicted octanol–water partition coefficient (Wildman–Crippen LogP) is 2.91. The standard InChI is InChI=1S/C16H28N4/c1-12(2)17-9-15-10-18-16(19-13(15)3)20(4)11-14-7-5-6-8-14/h10,12,14,17H,5-9,11H2,1-4H3. The molecule has 0 bridgehead atoms. The molecule has 1 N–H and O–H groups in total. The maximum Gasteiger partial charge on any atom is 0.225 e. The fraction of sp³-hybridized carbons (Fsp3) is 0.750. The molecule has 1 aromatic heterocycles. The van der Waals surface area contributed by atoms with Crippen LogP contribution in [0.1, 0.15) is 50.8 Å². The Balaban J connectivity index is 1.96. The second-order valence-corrected chi connectivity index (χ2v) is 6.35. The summed E-state index contributed by atoms with van der Waals surface area (Å²) in [5.41, 5.74) is 2.28. The Labute approximate surface area is 123 Å². The van der Waals surface area contributed by atoms with Crippen LogP contribution in [0.5, 0.6) is 0 Å². The molecule has 1 aromatic rings. The highest BCUT2D eigenvalue weighted by molar-refractivity contribution is 5.32. The van der Waals surface area contributed by atoms with Gasteiger partial charge in [-0.25, -0.2) is 9.97 Å². The van der Waals surface area contributed by atoms with E-state index in [1.54, 1.807) is 0 Å². The number of hydrogen-bond donors (Lipinski definition) is 1. The maximum atomic E-state index is 4.67. The fourth-order valence-corrected chi connectivity index (χ4v) is 2.81. The van der Waals surface area contributed by atoms with Crippen molar-refractivity contribution in [3.63, 3.8) is 0 Å². The second kappa shape index (κ2) is 7.02. The molecule has 1 fully saturated rings. The van der Waals surface area contributed by atoms with Gasteiger partial charge in [-0.2, -0.15) is 0 Å². The van der Waals surface area contributed by atoms with Crippen LogP contribution in [0.3, 0.4) is 0 Å². The summed E-state index contributed by atoms with van der Waals surface area (Å²) >= 11 is 0. The van der Waals surface area contributed by atoms with E-state index in [0.29, 0.717) is 6.04 Å². The van der Waals surface area contributed by atoms with Crippen LogP contribution in [0.4, 0.5) is 5.95 Å². The van der Waals surface area contributed by atoms with Gasteiger partial charge in [0, 0.05) is 43.6 Å². The van der Waals surface area contributed by atoms with Crippen LogP contribution >= 0.6 is 0 Å². The van der Waals surface area contributed by atoms with E-state index in [0.717, 1.165) is 30.6 Å². The third kappa shape index (κ3) is 4.17. The van der Waals surface area contributed by atoms with Crippen molar-refractivity contribution in [1.29, 1.82) is 0 Å². The van der Waals surface area contributed by atoms with E-state index in [1.807, 2.05) is 6.20 Å². The molecular formula is C16H28N4. The first-order valence-corrected chi connectivity index (χ1v) is 7.83. The molecule has 2 rings (SSSR count). The minimum atomic E-state index is 0.485. The number of rotatable bonds is 6. The summed E-state index contributed by atoms with van der Waals surface area (Å²) in [7, 11) is 2.11. The lowest BCUT2D eigenvalue weighted by molar-refractivity contribution is 0.541. The lowest BCUT2D eigenvalue weighted by atomic mass is 10.1. The maximum absolute atomic E-state index is 4.67. The molecule has 0 amide bonds. The Kier molecular flexibility index (Phi) is 5.35. The number of nitrogens with one attached hydrogen (secondary N) is 1. The molecule has 20 heavy (non-hydrogen) atoms. The van der Waals surface area contributed by atoms with Gasteiger partial charge in [-0.3, -0.25) is 0 Å². The van der Waals surface area contributed by atoms with Crippen LogP contribution in [-0.2, 0) is 6.54 Å². The summed E-state index contributed by atoms with van der Waals surface area (Å²) in [4.78, 5) is 11.4. The van der Waals surface area contributed by atoms with E-state index in [-0.39, 0.29) is 0 Å². The Morgan fingerprint density at radius 3 is 2.65 bits per heavy atom. The van der Waals surface area contributed by atoms with Crippen molar-refractivity contribution in [2.45, 2.75) is 59.0 Å². The van der Waals surface area contributed by atoms with Crippen molar-refractivity contribution in [2.75, 3.05) is 18.5 Å². The van der Waals surface area contributed by atoms with Gasteiger partial charge in [0.2, 0.25) is 5.95 Å². The van der Waals surface area contributed by atoms with Gasteiger partial charge in [0.1, 0.15) is 0 Å². The monoisotopic (exact) mass is 276 g/mol. The minimum Gasteiger partial charge on any atom is -0.344 e. The molecule has 1 saturated carbocycles. The highest BCUT2D eigenvalue weighted by atomic mass is 15.2. The van der Waals surface area contributed by atoms with Gasteiger partial charge in [0.25, 0.3) is 0 Å². The molecule has 4 nitrogen and oxygen atoms in total. The molecule has 0 saturated heterocycles. The zero-order valence-electron chi connectivity index (χ0n) is 13.3. The highest BCUT2D eigenvalue weighted by Gasteiger charge is 2.18. The van der Waals surface area contributed by atoms with E-state index in [9.17, 15) is 0 Å². The highest BCUT2D eigenvalue weighted by Crippen LogP contribution is 2.26. The van der Waals surface area contributed by atoms with Crippen LogP contribution in [0.15, 0.2) is 6.20 Å². The molecule has 1 aliphatic carbocycles. The first-order valence-electron chi connectivity index (χ1n) is 7.83. The Bertz CT molecular complexity index is 424. The van der Waals surface area contributed by atoms with Gasteiger partial charge in [-0.1, -0.05) is 26.7 Å². The normalized spacial score (nSPS) is 16.1. The first-order chi connectivity index (χ1) is 9.56. The smallest absolute Gasteiger partial charge is 0.225 e. The summed E-state index contributed by atoms with van der Waals surface area (Å²) in [6.07, 6.45) is 7.47. The van der Waals surface area contributed by atoms with E-state index in [4.69, 9.17) is 0 Å². The van der Waals surface area contributed by atoms with Crippen LogP contribution < -0.4 is 10.2 Å². The third-order valence-corrected chi connectivity index (χ3v) is 4.12. The first kappa shape index (κ1) is 15.2. The fourth-order valence-electron chi connectivity index (χ4n) is 2.81. The molecule has 112 valence electrons. The number of aromatic nitrogens is 2. The molecule has 0 aliphatic heterocycles. The molecule has 0 radical (unpaired) electrons. The summed E-state index contributed by atoms with van der Waals surface area (Å²) in [6, 6.07) is 0.485. The van der Waals surface area contributed by atoms with Crippen molar-refractivity contribution in [3.05, 3.63) is 17.5 Å². The zero-order chi connectivity index (χ0) is 14.5. The van der Waals surface area contributed by atoms with Crippen molar-refractivity contribution in [1.82, 2.24) is 15.3 Å². The SMILES string of the molecule is Cc1nc(N(C)CC2CCCC2)ncc1CNC(C)C. The number of aryl methyl sites for hydroxylation is 1. The average Bonchev–Trinajstić information content (AvgIpc) is 2.89. The van der Waals surface area contributed by atoms with Crippen molar-refractivity contribution in [2.24, 2.45) is 5.92 Å². The largest absolute Gasteiger partial charge is 0.344 e. The Morgan fingerprint density at radius 2 is 2.05 bits per heavy atom. The van der Waals surface area contributed by atoms with E-state index >= 15 is 0 Å². The number of hydrogen-bond acceptors (Lipinski definition) is 4. The van der Waals surface area contributed by atoms with Gasteiger partial charge >= 0.3 is 0 Å². The van der Waals surface area contributed by atoms with Crippen LogP contribution in [0.2, 0.25) is 0 Å². The Morgan fingerprint density at radius 1 is 1.35 bits per heavy atom. The quantitative estimate of drug-likeness (QED) is 0.867. The number of anilines is 1. The Hall–Kier alpha value is -1.16. The van der Waals surface area contributed by atoms with Crippen molar-refractivity contribution in [3.8, 4) is 0 Å². The molecule has 1 heterocycles. The third-order valence-electron chi connectivity index (χ3n) is 4.12. The van der Waals surface area contributed by atoms with Gasteiger partial charge in [0.05, 0.1) is 0 Å². The molecule has 0 unspecified atom stereocenters. The van der Waals surface area contributed by atoms with Crippen LogP contribution in [-0.4, -0.2) is 29.6 Å². The minimum absolute atomic E-state index is 0.485.